The van der Waals surface area contributed by atoms with Gasteiger partial charge in [-0.05, 0) is 55.7 Å². The largest absolute Gasteiger partial charge is 0.394 e. The number of piperidine rings is 1. The number of carbonyl (C=O) groups excluding carboxylic acids is 2. The molecular formula is C23H25ClFN3O3. The van der Waals surface area contributed by atoms with Gasteiger partial charge in [0.15, 0.2) is 0 Å². The second-order valence-electron chi connectivity index (χ2n) is 8.29. The number of hydrogen-bond donors (Lipinski definition) is 2. The van der Waals surface area contributed by atoms with Crippen molar-refractivity contribution in [3.05, 3.63) is 64.9 Å². The van der Waals surface area contributed by atoms with Gasteiger partial charge in [0.25, 0.3) is 0 Å². The van der Waals surface area contributed by atoms with Crippen molar-refractivity contribution < 1.29 is 19.1 Å². The van der Waals surface area contributed by atoms with Gasteiger partial charge >= 0.3 is 6.03 Å². The van der Waals surface area contributed by atoms with Crippen LogP contribution in [0, 0.1) is 11.2 Å². The molecule has 2 heterocycles. The van der Waals surface area contributed by atoms with Gasteiger partial charge in [-0.3, -0.25) is 4.79 Å². The number of nitrogens with zero attached hydrogens (tertiary/aromatic N) is 2. The molecule has 2 aromatic rings. The summed E-state index contributed by atoms with van der Waals surface area (Å²) in [5.41, 5.74) is 0.798. The van der Waals surface area contributed by atoms with Crippen LogP contribution in [0.15, 0.2) is 48.5 Å². The van der Waals surface area contributed by atoms with Crippen LogP contribution in [-0.4, -0.2) is 47.7 Å². The number of urea groups is 1. The molecule has 0 aromatic heterocycles. The first kappa shape index (κ1) is 21.6. The summed E-state index contributed by atoms with van der Waals surface area (Å²) in [6.45, 7) is 2.45. The van der Waals surface area contributed by atoms with E-state index >= 15 is 0 Å². The Labute approximate surface area is 185 Å². The lowest BCUT2D eigenvalue weighted by molar-refractivity contribution is -0.144. The van der Waals surface area contributed by atoms with E-state index in [2.05, 4.69) is 5.32 Å². The van der Waals surface area contributed by atoms with Crippen molar-refractivity contribution in [1.82, 2.24) is 10.2 Å². The minimum Gasteiger partial charge on any atom is -0.394 e. The van der Waals surface area contributed by atoms with Crippen LogP contribution < -0.4 is 10.2 Å². The summed E-state index contributed by atoms with van der Waals surface area (Å²) in [4.78, 5) is 29.2. The van der Waals surface area contributed by atoms with Gasteiger partial charge in [-0.2, -0.15) is 0 Å². The molecule has 4 rings (SSSR count). The summed E-state index contributed by atoms with van der Waals surface area (Å²) in [5, 5.41) is 12.5. The van der Waals surface area contributed by atoms with Crippen molar-refractivity contribution in [1.29, 1.82) is 0 Å². The molecule has 3 amide bonds. The highest BCUT2D eigenvalue weighted by molar-refractivity contribution is 6.30. The standard InChI is InChI=1S/C23H25ClFN3O3/c1-15(14-29)26-22(31)27-11-9-23(10-12-27)20(16-5-7-17(24)8-6-16)28(21(23)30)19-4-2-3-18(25)13-19/h2-8,13,15,20,29H,9-12,14H2,1H3,(H,26,31). The number of benzene rings is 2. The van der Waals surface area contributed by atoms with Gasteiger partial charge in [-0.15, -0.1) is 0 Å². The highest BCUT2D eigenvalue weighted by atomic mass is 35.5. The summed E-state index contributed by atoms with van der Waals surface area (Å²) in [6, 6.07) is 12.6. The number of amides is 3. The fourth-order valence-electron chi connectivity index (χ4n) is 4.60. The SMILES string of the molecule is CC(CO)NC(=O)N1CCC2(CC1)C(=O)N(c1cccc(F)c1)C2c1ccc(Cl)cc1. The van der Waals surface area contributed by atoms with Crippen molar-refractivity contribution in [2.45, 2.75) is 31.8 Å². The molecule has 1 spiro atoms. The molecule has 0 radical (unpaired) electrons. The maximum absolute atomic E-state index is 13.9. The molecule has 2 saturated heterocycles. The average molecular weight is 446 g/mol. The fraction of sp³-hybridized carbons (Fsp3) is 0.391. The average Bonchev–Trinajstić information content (AvgIpc) is 2.77. The fourth-order valence-corrected chi connectivity index (χ4v) is 4.73. The van der Waals surface area contributed by atoms with Crippen LogP contribution in [0.4, 0.5) is 14.9 Å². The third kappa shape index (κ3) is 3.88. The summed E-state index contributed by atoms with van der Waals surface area (Å²) in [6.07, 6.45) is 1.01. The lowest BCUT2D eigenvalue weighted by atomic mass is 9.62. The molecule has 164 valence electrons. The number of hydrogen-bond acceptors (Lipinski definition) is 3. The number of carbonyl (C=O) groups is 2. The Morgan fingerprint density at radius 1 is 1.26 bits per heavy atom. The van der Waals surface area contributed by atoms with Gasteiger partial charge in [0.1, 0.15) is 5.82 Å². The van der Waals surface area contributed by atoms with Crippen LogP contribution in [0.3, 0.4) is 0 Å². The quantitative estimate of drug-likeness (QED) is 0.704. The monoisotopic (exact) mass is 445 g/mol. The van der Waals surface area contributed by atoms with Gasteiger partial charge in [0.05, 0.1) is 24.1 Å². The molecular weight excluding hydrogens is 421 g/mol. The third-order valence-electron chi connectivity index (χ3n) is 6.29. The van der Waals surface area contributed by atoms with Crippen molar-refractivity contribution in [2.24, 2.45) is 5.41 Å². The molecule has 0 aliphatic carbocycles. The molecule has 2 atom stereocenters. The first-order valence-electron chi connectivity index (χ1n) is 10.4. The lowest BCUT2D eigenvalue weighted by Gasteiger charge is -2.59. The van der Waals surface area contributed by atoms with E-state index in [1.807, 2.05) is 12.1 Å². The van der Waals surface area contributed by atoms with Gasteiger partial charge in [-0.25, -0.2) is 9.18 Å². The molecule has 0 saturated carbocycles. The zero-order chi connectivity index (χ0) is 22.2. The van der Waals surface area contributed by atoms with Gasteiger partial charge in [0.2, 0.25) is 5.91 Å². The summed E-state index contributed by atoms with van der Waals surface area (Å²) in [7, 11) is 0. The molecule has 2 fully saturated rings. The molecule has 2 aliphatic heterocycles. The van der Waals surface area contributed by atoms with Crippen molar-refractivity contribution >= 4 is 29.2 Å². The van der Waals surface area contributed by atoms with Crippen molar-refractivity contribution in [3.8, 4) is 0 Å². The van der Waals surface area contributed by atoms with E-state index in [4.69, 9.17) is 16.7 Å². The van der Waals surface area contributed by atoms with Gasteiger partial charge < -0.3 is 20.2 Å². The van der Waals surface area contributed by atoms with E-state index in [1.165, 1.54) is 12.1 Å². The molecule has 2 aromatic carbocycles. The molecule has 2 N–H and O–H groups in total. The molecule has 31 heavy (non-hydrogen) atoms. The maximum atomic E-state index is 13.9. The zero-order valence-electron chi connectivity index (χ0n) is 17.2. The Balaban J connectivity index is 1.60. The van der Waals surface area contributed by atoms with E-state index in [-0.39, 0.29) is 30.6 Å². The Kier molecular flexibility index (Phi) is 5.90. The lowest BCUT2D eigenvalue weighted by Crippen LogP contribution is -2.67. The number of β-lactam (4-membered cyclic amide) rings is 1. The predicted molar refractivity (Wildman–Crippen MR) is 116 cm³/mol. The maximum Gasteiger partial charge on any atom is 0.317 e. The van der Waals surface area contributed by atoms with E-state index < -0.39 is 11.2 Å². The highest BCUT2D eigenvalue weighted by Crippen LogP contribution is 2.57. The number of halogens is 2. The second kappa shape index (κ2) is 8.48. The van der Waals surface area contributed by atoms with Crippen molar-refractivity contribution in [2.75, 3.05) is 24.6 Å². The zero-order valence-corrected chi connectivity index (χ0v) is 18.0. The molecule has 2 unspecified atom stereocenters. The molecule has 6 nitrogen and oxygen atoms in total. The number of likely N-dealkylation sites (tertiary alicyclic amines) is 1. The van der Waals surface area contributed by atoms with Crippen LogP contribution in [0.5, 0.6) is 0 Å². The van der Waals surface area contributed by atoms with Gasteiger partial charge in [-0.1, -0.05) is 29.8 Å². The number of nitrogens with one attached hydrogen (secondary N) is 1. The molecule has 2 aliphatic rings. The highest BCUT2D eigenvalue weighted by Gasteiger charge is 2.62. The third-order valence-corrected chi connectivity index (χ3v) is 6.54. The Bertz CT molecular complexity index is 976. The molecule has 8 heteroatoms. The number of aliphatic hydroxyl groups is 1. The van der Waals surface area contributed by atoms with E-state index in [0.29, 0.717) is 36.6 Å². The van der Waals surface area contributed by atoms with Gasteiger partial charge in [0, 0.05) is 23.8 Å². The van der Waals surface area contributed by atoms with Crippen LogP contribution in [0.25, 0.3) is 0 Å². The minimum absolute atomic E-state index is 0.0539. The smallest absolute Gasteiger partial charge is 0.317 e. The Morgan fingerprint density at radius 3 is 2.55 bits per heavy atom. The Hall–Kier alpha value is -2.64. The normalized spacial score (nSPS) is 21.0. The van der Waals surface area contributed by atoms with Crippen molar-refractivity contribution in [3.63, 3.8) is 0 Å². The van der Waals surface area contributed by atoms with E-state index in [1.54, 1.807) is 41.0 Å². The second-order valence-corrected chi connectivity index (χ2v) is 8.72. The van der Waals surface area contributed by atoms with E-state index in [9.17, 15) is 14.0 Å². The molecule has 0 bridgehead atoms. The van der Waals surface area contributed by atoms with Crippen LogP contribution in [0.2, 0.25) is 5.02 Å². The first-order valence-corrected chi connectivity index (χ1v) is 10.7. The van der Waals surface area contributed by atoms with Crippen LogP contribution in [-0.2, 0) is 4.79 Å². The summed E-state index contributed by atoms with van der Waals surface area (Å²) < 4.78 is 13.9. The van der Waals surface area contributed by atoms with E-state index in [0.717, 1.165) is 5.56 Å². The number of anilines is 1. The minimum atomic E-state index is -0.653. The Morgan fingerprint density at radius 2 is 1.94 bits per heavy atom. The summed E-state index contributed by atoms with van der Waals surface area (Å²) >= 11 is 6.07. The number of aliphatic hydroxyl groups excluding tert-OH is 1. The predicted octanol–water partition coefficient (Wildman–Crippen LogP) is 3.74. The van der Waals surface area contributed by atoms with Crippen LogP contribution >= 0.6 is 11.6 Å². The summed E-state index contributed by atoms with van der Waals surface area (Å²) in [5.74, 6) is -0.451. The van der Waals surface area contributed by atoms with Crippen LogP contribution in [0.1, 0.15) is 31.4 Å². The topological polar surface area (TPSA) is 72.9 Å². The number of rotatable bonds is 4. The first-order chi connectivity index (χ1) is 14.9.